The summed E-state index contributed by atoms with van der Waals surface area (Å²) in [6, 6.07) is 9.47. The van der Waals surface area contributed by atoms with Crippen LogP contribution in [0.2, 0.25) is 5.02 Å². The van der Waals surface area contributed by atoms with Crippen LogP contribution in [0.25, 0.3) is 0 Å². The van der Waals surface area contributed by atoms with Gasteiger partial charge in [-0.25, -0.2) is 9.79 Å². The van der Waals surface area contributed by atoms with Gasteiger partial charge in [-0.2, -0.15) is 9.48 Å². The molecule has 1 aromatic carbocycles. The van der Waals surface area contributed by atoms with Gasteiger partial charge in [0.05, 0.1) is 26.1 Å². The third-order valence-electron chi connectivity index (χ3n) is 4.70. The topological polar surface area (TPSA) is 95.3 Å². The first-order chi connectivity index (χ1) is 14.4. The number of hydrogen-bond acceptors (Lipinski definition) is 7. The van der Waals surface area contributed by atoms with Crippen molar-refractivity contribution in [3.63, 3.8) is 0 Å². The summed E-state index contributed by atoms with van der Waals surface area (Å²) >= 11 is 7.02. The van der Waals surface area contributed by atoms with Crippen LogP contribution < -0.4 is 0 Å². The minimum Gasteiger partial charge on any atom is -0.459 e. The second-order valence-electron chi connectivity index (χ2n) is 6.61. The molecule has 8 nitrogen and oxygen atoms in total. The molecule has 2 aromatic rings. The maximum atomic E-state index is 12.8. The fourth-order valence-electron chi connectivity index (χ4n) is 3.06. The van der Waals surface area contributed by atoms with Crippen LogP contribution in [0.5, 0.6) is 0 Å². The fraction of sp³-hybridized carbons (Fsp3) is 0.200. The number of carbonyl (C=O) groups is 3. The zero-order chi connectivity index (χ0) is 21.4. The molecule has 30 heavy (non-hydrogen) atoms. The van der Waals surface area contributed by atoms with Gasteiger partial charge < -0.3 is 4.42 Å². The number of imide groups is 1. The molecule has 0 N–H and O–H groups in total. The van der Waals surface area contributed by atoms with Crippen LogP contribution in [0.3, 0.4) is 0 Å². The maximum absolute atomic E-state index is 12.8. The first-order valence-electron chi connectivity index (χ1n) is 8.91. The molecule has 1 atom stereocenters. The third kappa shape index (κ3) is 3.61. The number of halogens is 1. The number of aliphatic imine (C=N–C) groups is 2. The Morgan fingerprint density at radius 3 is 2.63 bits per heavy atom. The van der Waals surface area contributed by atoms with Crippen LogP contribution in [0.1, 0.15) is 16.1 Å². The van der Waals surface area contributed by atoms with Gasteiger partial charge in [-0.3, -0.25) is 9.59 Å². The normalized spacial score (nSPS) is 18.9. The number of hydrogen-bond donors (Lipinski definition) is 0. The number of thioether (sulfide) groups is 1. The van der Waals surface area contributed by atoms with Crippen molar-refractivity contribution >= 4 is 57.8 Å². The van der Waals surface area contributed by atoms with Gasteiger partial charge in [0.25, 0.3) is 11.7 Å². The van der Waals surface area contributed by atoms with Crippen LogP contribution in [-0.2, 0) is 4.79 Å². The Labute approximate surface area is 180 Å². The number of carbonyl (C=O) groups excluding carboxylic acids is 3. The summed E-state index contributed by atoms with van der Waals surface area (Å²) in [5.41, 5.74) is 0.506. The summed E-state index contributed by atoms with van der Waals surface area (Å²) in [7, 11) is 2.95. The van der Waals surface area contributed by atoms with E-state index in [1.807, 2.05) is 0 Å². The summed E-state index contributed by atoms with van der Waals surface area (Å²) in [6.07, 6.45) is 1.48. The van der Waals surface area contributed by atoms with E-state index in [0.717, 1.165) is 16.7 Å². The predicted octanol–water partition coefficient (Wildman–Crippen LogP) is 2.96. The lowest BCUT2D eigenvalue weighted by Crippen LogP contribution is -2.54. The zero-order valence-corrected chi connectivity index (χ0v) is 17.6. The summed E-state index contributed by atoms with van der Waals surface area (Å²) < 4.78 is 6.69. The van der Waals surface area contributed by atoms with Crippen molar-refractivity contribution in [3.8, 4) is 0 Å². The number of urea groups is 1. The van der Waals surface area contributed by atoms with E-state index in [0.29, 0.717) is 21.4 Å². The molecule has 0 bridgehead atoms. The molecule has 0 spiro atoms. The van der Waals surface area contributed by atoms with Crippen molar-refractivity contribution in [3.05, 3.63) is 59.0 Å². The monoisotopic (exact) mass is 443 g/mol. The minimum atomic E-state index is -0.862. The van der Waals surface area contributed by atoms with Crippen LogP contribution in [0.4, 0.5) is 4.79 Å². The Morgan fingerprint density at radius 2 is 1.97 bits per heavy atom. The van der Waals surface area contributed by atoms with Crippen molar-refractivity contribution in [2.24, 2.45) is 15.9 Å². The number of amides is 3. The van der Waals surface area contributed by atoms with Gasteiger partial charge >= 0.3 is 11.9 Å². The second-order valence-corrected chi connectivity index (χ2v) is 8.04. The van der Waals surface area contributed by atoms with Gasteiger partial charge in [0, 0.05) is 10.6 Å². The highest BCUT2D eigenvalue weighted by Crippen LogP contribution is 2.27. The fourth-order valence-corrected chi connectivity index (χ4v) is 4.16. The van der Waals surface area contributed by atoms with E-state index in [1.165, 1.54) is 17.9 Å². The molecule has 10 heteroatoms. The van der Waals surface area contributed by atoms with Gasteiger partial charge in [0.2, 0.25) is 0 Å². The van der Waals surface area contributed by atoms with Gasteiger partial charge in [-0.1, -0.05) is 16.6 Å². The number of nitrogens with zero attached hydrogens (tertiary/aromatic N) is 4. The van der Waals surface area contributed by atoms with E-state index in [4.69, 9.17) is 16.0 Å². The quantitative estimate of drug-likeness (QED) is 0.534. The summed E-state index contributed by atoms with van der Waals surface area (Å²) in [5, 5.41) is 0.919. The number of furan rings is 1. The smallest absolute Gasteiger partial charge is 0.445 e. The molecule has 0 fully saturated rings. The van der Waals surface area contributed by atoms with Crippen molar-refractivity contribution in [1.82, 2.24) is 4.90 Å². The first-order valence-corrected chi connectivity index (χ1v) is 10.3. The molecule has 3 amide bonds. The number of Topliss-reactive ketones (excluding diaryl/α,β-unsaturated/α-hetero) is 1. The van der Waals surface area contributed by atoms with Gasteiger partial charge in [0.15, 0.2) is 17.5 Å². The zero-order valence-electron chi connectivity index (χ0n) is 16.0. The van der Waals surface area contributed by atoms with Crippen molar-refractivity contribution in [1.29, 1.82) is 0 Å². The summed E-state index contributed by atoms with van der Waals surface area (Å²) in [4.78, 5) is 47.7. The van der Waals surface area contributed by atoms with Crippen LogP contribution in [-0.4, -0.2) is 63.8 Å². The number of rotatable bonds is 4. The molecule has 0 saturated carbocycles. The maximum Gasteiger partial charge on any atom is 0.445 e. The molecular formula is C20H16ClN4O4S+. The molecule has 2 aliphatic heterocycles. The Morgan fingerprint density at radius 1 is 1.23 bits per heavy atom. The third-order valence-corrected chi connectivity index (χ3v) is 5.98. The average Bonchev–Trinajstić information content (AvgIpc) is 3.29. The van der Waals surface area contributed by atoms with Gasteiger partial charge in [-0.15, -0.1) is 11.8 Å². The molecule has 4 rings (SSSR count). The molecule has 152 valence electrons. The van der Waals surface area contributed by atoms with E-state index in [1.54, 1.807) is 43.4 Å². The van der Waals surface area contributed by atoms with E-state index < -0.39 is 17.9 Å². The Bertz CT molecular complexity index is 1140. The summed E-state index contributed by atoms with van der Waals surface area (Å²) in [6.45, 7) is 0. The number of benzene rings is 1. The average molecular weight is 444 g/mol. The van der Waals surface area contributed by atoms with Crippen LogP contribution >= 0.6 is 23.4 Å². The molecule has 0 aliphatic carbocycles. The lowest BCUT2D eigenvalue weighted by atomic mass is 10.0. The lowest BCUT2D eigenvalue weighted by Gasteiger charge is -2.26. The SMILES string of the molecule is CN1C(=O)C2C(SCC(=O)c3ccc(Cl)cc3)=NC(c3ccco3)=NC2=[N+](C)C1=O. The molecule has 1 unspecified atom stereocenters. The van der Waals surface area contributed by atoms with E-state index in [-0.39, 0.29) is 23.2 Å². The standard InChI is InChI=1S/C20H16ClN4O4S/c1-24-17-15(19(27)25(2)20(24)28)18(23-16(22-17)14-4-3-9-29-14)30-10-13(26)11-5-7-12(21)8-6-11/h3-9,15H,10H2,1-2H3/q+1. The molecule has 1 aromatic heterocycles. The highest BCUT2D eigenvalue weighted by molar-refractivity contribution is 8.14. The van der Waals surface area contributed by atoms with E-state index in [9.17, 15) is 14.4 Å². The summed E-state index contributed by atoms with van der Waals surface area (Å²) in [5.74, 6) is -0.487. The predicted molar refractivity (Wildman–Crippen MR) is 114 cm³/mol. The molecular weight excluding hydrogens is 428 g/mol. The van der Waals surface area contributed by atoms with Crippen LogP contribution in [0.15, 0.2) is 57.1 Å². The lowest BCUT2D eigenvalue weighted by molar-refractivity contribution is -0.407. The Kier molecular flexibility index (Phi) is 5.40. The largest absolute Gasteiger partial charge is 0.459 e. The highest BCUT2D eigenvalue weighted by Gasteiger charge is 2.49. The number of ketones is 1. The second kappa shape index (κ2) is 8.00. The minimum absolute atomic E-state index is 0.0599. The van der Waals surface area contributed by atoms with Crippen molar-refractivity contribution in [2.45, 2.75) is 0 Å². The molecule has 0 radical (unpaired) electrons. The van der Waals surface area contributed by atoms with E-state index in [2.05, 4.69) is 9.98 Å². The van der Waals surface area contributed by atoms with Gasteiger partial charge in [0.1, 0.15) is 5.04 Å². The molecule has 3 heterocycles. The Hall–Kier alpha value is -3.04. The van der Waals surface area contributed by atoms with Crippen molar-refractivity contribution in [2.75, 3.05) is 19.8 Å². The highest BCUT2D eigenvalue weighted by atomic mass is 35.5. The number of fused-ring (bicyclic) bond motifs is 1. The van der Waals surface area contributed by atoms with Crippen LogP contribution in [0, 0.1) is 5.92 Å². The van der Waals surface area contributed by atoms with Crippen molar-refractivity contribution < 1.29 is 23.4 Å². The number of amidine groups is 2. The van der Waals surface area contributed by atoms with E-state index >= 15 is 0 Å². The molecule has 0 saturated heterocycles. The Balaban J connectivity index is 1.68. The molecule has 2 aliphatic rings. The van der Waals surface area contributed by atoms with Gasteiger partial charge in [-0.05, 0) is 36.4 Å². The first kappa shape index (κ1) is 20.2.